The van der Waals surface area contributed by atoms with Crippen LogP contribution in [-0.2, 0) is 4.74 Å². The normalized spacial score (nSPS) is 10.7. The van der Waals surface area contributed by atoms with Crippen LogP contribution in [0.3, 0.4) is 0 Å². The van der Waals surface area contributed by atoms with Crippen LogP contribution in [0.5, 0.6) is 0 Å². The van der Waals surface area contributed by atoms with E-state index < -0.39 is 5.97 Å². The summed E-state index contributed by atoms with van der Waals surface area (Å²) in [6.07, 6.45) is 0. The molecule has 0 bridgehead atoms. The molecule has 1 heterocycles. The number of nitrogens with zero attached hydrogens (tertiary/aromatic N) is 2. The van der Waals surface area contributed by atoms with Crippen LogP contribution in [0, 0.1) is 0 Å². The van der Waals surface area contributed by atoms with Crippen LogP contribution in [0.25, 0.3) is 22.2 Å². The molecule has 0 N–H and O–H groups in total. The molecule has 0 saturated heterocycles. The zero-order chi connectivity index (χ0) is 16.4. The first-order valence-electron chi connectivity index (χ1n) is 6.99. The minimum atomic E-state index is -0.572. The summed E-state index contributed by atoms with van der Waals surface area (Å²) in [6, 6.07) is 12.5. The number of aromatic nitrogens is 2. The fourth-order valence-electron chi connectivity index (χ4n) is 2.25. The van der Waals surface area contributed by atoms with E-state index in [-0.39, 0.29) is 12.4 Å². The topological polar surface area (TPSA) is 52.1 Å². The zero-order valence-electron chi connectivity index (χ0n) is 12.2. The summed E-state index contributed by atoms with van der Waals surface area (Å²) in [5.41, 5.74) is 1.85. The quantitative estimate of drug-likeness (QED) is 0.640. The Morgan fingerprint density at radius 2 is 1.91 bits per heavy atom. The number of ether oxygens (including phenoxy) is 1. The van der Waals surface area contributed by atoms with Crippen molar-refractivity contribution in [2.45, 2.75) is 6.92 Å². The number of hydrogen-bond donors (Lipinski definition) is 0. The van der Waals surface area contributed by atoms with Gasteiger partial charge in [0.25, 0.3) is 0 Å². The summed E-state index contributed by atoms with van der Waals surface area (Å²) in [5, 5.41) is 1.80. The molecule has 0 fully saturated rings. The monoisotopic (exact) mass is 346 g/mol. The van der Waals surface area contributed by atoms with Gasteiger partial charge in [-0.2, -0.15) is 0 Å². The number of esters is 1. The molecule has 23 heavy (non-hydrogen) atoms. The second-order valence-electron chi connectivity index (χ2n) is 4.76. The minimum absolute atomic E-state index is 0.00316. The average molecular weight is 347 g/mol. The van der Waals surface area contributed by atoms with Gasteiger partial charge in [0.05, 0.1) is 17.8 Å². The summed E-state index contributed by atoms with van der Waals surface area (Å²) in [6.45, 7) is 1.98. The number of rotatable bonds is 3. The second-order valence-corrected chi connectivity index (χ2v) is 5.60. The van der Waals surface area contributed by atoms with Gasteiger partial charge < -0.3 is 4.74 Å². The summed E-state index contributed by atoms with van der Waals surface area (Å²) < 4.78 is 5.00. The van der Waals surface area contributed by atoms with Crippen molar-refractivity contribution in [1.29, 1.82) is 0 Å². The van der Waals surface area contributed by atoms with Crippen molar-refractivity contribution in [2.75, 3.05) is 6.61 Å². The third-order valence-electron chi connectivity index (χ3n) is 3.24. The van der Waals surface area contributed by atoms with Crippen LogP contribution in [0.15, 0.2) is 42.5 Å². The Labute approximate surface area is 143 Å². The first-order chi connectivity index (χ1) is 11.1. The molecule has 0 spiro atoms. The fraction of sp³-hybridized carbons (Fsp3) is 0.118. The van der Waals surface area contributed by atoms with Crippen LogP contribution in [-0.4, -0.2) is 22.5 Å². The zero-order valence-corrected chi connectivity index (χ0v) is 13.7. The van der Waals surface area contributed by atoms with Crippen molar-refractivity contribution in [2.24, 2.45) is 0 Å². The van der Waals surface area contributed by atoms with Crippen molar-refractivity contribution in [3.05, 3.63) is 58.3 Å². The van der Waals surface area contributed by atoms with Crippen molar-refractivity contribution >= 4 is 40.1 Å². The van der Waals surface area contributed by atoms with E-state index in [1.54, 1.807) is 31.2 Å². The third-order valence-corrected chi connectivity index (χ3v) is 3.81. The Hall–Kier alpha value is -2.17. The lowest BCUT2D eigenvalue weighted by Gasteiger charge is -2.10. The maximum atomic E-state index is 12.0. The highest BCUT2D eigenvalue weighted by Crippen LogP contribution is 2.32. The van der Waals surface area contributed by atoms with Gasteiger partial charge in [0.1, 0.15) is 0 Å². The molecule has 0 atom stereocenters. The molecule has 6 heteroatoms. The fourth-order valence-corrected chi connectivity index (χ4v) is 2.64. The highest BCUT2D eigenvalue weighted by Gasteiger charge is 2.17. The highest BCUT2D eigenvalue weighted by molar-refractivity contribution is 6.34. The van der Waals surface area contributed by atoms with E-state index in [2.05, 4.69) is 9.97 Å². The van der Waals surface area contributed by atoms with E-state index in [9.17, 15) is 4.79 Å². The minimum Gasteiger partial charge on any atom is -0.460 e. The third kappa shape index (κ3) is 3.14. The van der Waals surface area contributed by atoms with E-state index in [0.717, 1.165) is 5.39 Å². The smallest absolute Gasteiger partial charge is 0.376 e. The average Bonchev–Trinajstić information content (AvgIpc) is 2.55. The predicted molar refractivity (Wildman–Crippen MR) is 91.0 cm³/mol. The number of fused-ring (bicyclic) bond motifs is 1. The maximum absolute atomic E-state index is 12.0. The molecular weight excluding hydrogens is 335 g/mol. The second kappa shape index (κ2) is 6.52. The molecule has 4 nitrogen and oxygen atoms in total. The molecule has 0 unspecified atom stereocenters. The Bertz CT molecular complexity index is 897. The van der Waals surface area contributed by atoms with Crippen molar-refractivity contribution in [3.63, 3.8) is 0 Å². The van der Waals surface area contributed by atoms with Gasteiger partial charge in [0.15, 0.2) is 0 Å². The van der Waals surface area contributed by atoms with Crippen LogP contribution in [0.4, 0.5) is 0 Å². The lowest BCUT2D eigenvalue weighted by Crippen LogP contribution is -2.10. The van der Waals surface area contributed by atoms with Crippen LogP contribution in [0.1, 0.15) is 17.5 Å². The summed E-state index contributed by atoms with van der Waals surface area (Å²) in [7, 11) is 0. The lowest BCUT2D eigenvalue weighted by atomic mass is 10.1. The molecule has 3 rings (SSSR count). The first kappa shape index (κ1) is 15.7. The largest absolute Gasteiger partial charge is 0.460 e. The van der Waals surface area contributed by atoms with Gasteiger partial charge in [0.2, 0.25) is 5.82 Å². The SMILES string of the molecule is CCOC(=O)c1nc(-c2ccccc2Cl)c2cc(Cl)ccc2n1. The van der Waals surface area contributed by atoms with Crippen molar-refractivity contribution in [1.82, 2.24) is 9.97 Å². The van der Waals surface area contributed by atoms with Gasteiger partial charge in [0, 0.05) is 21.0 Å². The molecule has 1 aromatic heterocycles. The van der Waals surface area contributed by atoms with Gasteiger partial charge >= 0.3 is 5.97 Å². The molecule has 116 valence electrons. The Balaban J connectivity index is 2.31. The van der Waals surface area contributed by atoms with Gasteiger partial charge in [-0.05, 0) is 31.2 Å². The van der Waals surface area contributed by atoms with Gasteiger partial charge in [-0.15, -0.1) is 0 Å². The highest BCUT2D eigenvalue weighted by atomic mass is 35.5. The number of benzene rings is 2. The molecule has 0 saturated carbocycles. The molecule has 3 aromatic rings. The Kier molecular flexibility index (Phi) is 4.46. The van der Waals surface area contributed by atoms with Gasteiger partial charge in [-0.25, -0.2) is 14.8 Å². The number of halogens is 2. The summed E-state index contributed by atoms with van der Waals surface area (Å²) in [4.78, 5) is 20.6. The standard InChI is InChI=1S/C17H12Cl2N2O2/c1-2-23-17(22)16-20-14-8-7-10(18)9-12(14)15(21-16)11-5-3-4-6-13(11)19/h3-9H,2H2,1H3. The molecular formula is C17H12Cl2N2O2. The molecule has 0 aliphatic heterocycles. The summed E-state index contributed by atoms with van der Waals surface area (Å²) in [5.74, 6) is -0.575. The first-order valence-corrected chi connectivity index (χ1v) is 7.75. The maximum Gasteiger partial charge on any atom is 0.376 e. The number of carbonyl (C=O) groups is 1. The van der Waals surface area contributed by atoms with Gasteiger partial charge in [-0.1, -0.05) is 41.4 Å². The molecule has 0 amide bonds. The lowest BCUT2D eigenvalue weighted by molar-refractivity contribution is 0.0512. The number of hydrogen-bond acceptors (Lipinski definition) is 4. The summed E-state index contributed by atoms with van der Waals surface area (Å²) >= 11 is 12.4. The molecule has 0 aliphatic carbocycles. The van der Waals surface area contributed by atoms with Crippen molar-refractivity contribution in [3.8, 4) is 11.3 Å². The van der Waals surface area contributed by atoms with E-state index in [4.69, 9.17) is 27.9 Å². The predicted octanol–water partition coefficient (Wildman–Crippen LogP) is 4.78. The van der Waals surface area contributed by atoms with Crippen molar-refractivity contribution < 1.29 is 9.53 Å². The van der Waals surface area contributed by atoms with Gasteiger partial charge in [-0.3, -0.25) is 0 Å². The molecule has 2 aromatic carbocycles. The van der Waals surface area contributed by atoms with E-state index in [1.807, 2.05) is 18.2 Å². The van der Waals surface area contributed by atoms with Crippen LogP contribution >= 0.6 is 23.2 Å². The van der Waals surface area contributed by atoms with Crippen LogP contribution < -0.4 is 0 Å². The van der Waals surface area contributed by atoms with E-state index >= 15 is 0 Å². The Morgan fingerprint density at radius 1 is 1.13 bits per heavy atom. The molecule has 0 radical (unpaired) electrons. The van der Waals surface area contributed by atoms with E-state index in [1.165, 1.54) is 0 Å². The van der Waals surface area contributed by atoms with Crippen LogP contribution in [0.2, 0.25) is 10.0 Å². The number of carbonyl (C=O) groups excluding carboxylic acids is 1. The van der Waals surface area contributed by atoms with E-state index in [0.29, 0.717) is 26.8 Å². The Morgan fingerprint density at radius 3 is 2.65 bits per heavy atom. The molecule has 0 aliphatic rings.